The van der Waals surface area contributed by atoms with Gasteiger partial charge in [0.05, 0.1) is 16.2 Å². The van der Waals surface area contributed by atoms with E-state index in [1.807, 2.05) is 19.1 Å². The molecule has 0 fully saturated rings. The number of benzene rings is 1. The molecule has 0 saturated heterocycles. The van der Waals surface area contributed by atoms with Gasteiger partial charge in [0.1, 0.15) is 18.0 Å². The van der Waals surface area contributed by atoms with Crippen LogP contribution < -0.4 is 4.90 Å². The van der Waals surface area contributed by atoms with Crippen molar-refractivity contribution in [2.24, 2.45) is 0 Å². The normalized spacial score (nSPS) is 13.1. The third-order valence-electron chi connectivity index (χ3n) is 3.91. The van der Waals surface area contributed by atoms with Crippen LogP contribution in [0.25, 0.3) is 10.9 Å². The molecule has 0 radical (unpaired) electrons. The fourth-order valence-electron chi connectivity index (χ4n) is 2.87. The second kappa shape index (κ2) is 6.02. The van der Waals surface area contributed by atoms with Crippen molar-refractivity contribution in [2.45, 2.75) is 13.3 Å². The summed E-state index contributed by atoms with van der Waals surface area (Å²) in [5, 5.41) is 0.961. The first-order valence-corrected chi connectivity index (χ1v) is 7.75. The summed E-state index contributed by atoms with van der Waals surface area (Å²) in [7, 11) is 0. The maximum absolute atomic E-state index is 13.7. The van der Waals surface area contributed by atoms with Crippen LogP contribution in [0.15, 0.2) is 35.2 Å². The van der Waals surface area contributed by atoms with Crippen LogP contribution in [0.4, 0.5) is 15.9 Å². The highest BCUT2D eigenvalue weighted by molar-refractivity contribution is 9.10. The van der Waals surface area contributed by atoms with Gasteiger partial charge in [0.25, 0.3) is 0 Å². The van der Waals surface area contributed by atoms with Crippen LogP contribution in [0, 0.1) is 12.7 Å². The van der Waals surface area contributed by atoms with Gasteiger partial charge in [-0.2, -0.15) is 0 Å². The molecule has 0 spiro atoms. The summed E-state index contributed by atoms with van der Waals surface area (Å²) in [4.78, 5) is 15.1. The van der Waals surface area contributed by atoms with Crippen molar-refractivity contribution in [1.29, 1.82) is 0 Å². The van der Waals surface area contributed by atoms with Crippen molar-refractivity contribution in [3.63, 3.8) is 0 Å². The molecule has 7 heteroatoms. The van der Waals surface area contributed by atoms with Crippen molar-refractivity contribution in [1.82, 2.24) is 15.0 Å². The molecule has 0 N–H and O–H groups in total. The predicted octanol–water partition coefficient (Wildman–Crippen LogP) is 4.35. The van der Waals surface area contributed by atoms with Gasteiger partial charge in [-0.15, -0.1) is 12.4 Å². The number of pyridine rings is 1. The Balaban J connectivity index is 0.00000156. The van der Waals surface area contributed by atoms with Gasteiger partial charge < -0.3 is 4.90 Å². The molecule has 0 aliphatic carbocycles. The van der Waals surface area contributed by atoms with E-state index in [1.165, 1.54) is 0 Å². The quantitative estimate of drug-likeness (QED) is 0.614. The standard InChI is InChI=1S/C16H12BrFN4.ClH/c1-9-4-11-14(7-19-9)20-8-21-16(11)22-3-2-10-5-13(18)12(17)6-15(10)22;/h4-8H,2-3H2,1H3;1H. The van der Waals surface area contributed by atoms with Gasteiger partial charge in [0.2, 0.25) is 0 Å². The lowest BCUT2D eigenvalue weighted by molar-refractivity contribution is 0.620. The van der Waals surface area contributed by atoms with E-state index < -0.39 is 0 Å². The average Bonchev–Trinajstić information content (AvgIpc) is 2.90. The van der Waals surface area contributed by atoms with Crippen molar-refractivity contribution in [3.8, 4) is 0 Å². The summed E-state index contributed by atoms with van der Waals surface area (Å²) in [6.45, 7) is 2.72. The van der Waals surface area contributed by atoms with Gasteiger partial charge in [-0.3, -0.25) is 4.98 Å². The predicted molar refractivity (Wildman–Crippen MR) is 94.1 cm³/mol. The Labute approximate surface area is 147 Å². The van der Waals surface area contributed by atoms with E-state index in [0.717, 1.165) is 46.6 Å². The van der Waals surface area contributed by atoms with E-state index in [9.17, 15) is 4.39 Å². The van der Waals surface area contributed by atoms with Crippen LogP contribution in [0.5, 0.6) is 0 Å². The van der Waals surface area contributed by atoms with Crippen LogP contribution in [0.3, 0.4) is 0 Å². The monoisotopic (exact) mass is 394 g/mol. The first-order valence-electron chi connectivity index (χ1n) is 6.96. The van der Waals surface area contributed by atoms with Gasteiger partial charge in [0.15, 0.2) is 0 Å². The number of aryl methyl sites for hydroxylation is 1. The van der Waals surface area contributed by atoms with Crippen molar-refractivity contribution in [2.75, 3.05) is 11.4 Å². The maximum Gasteiger partial charge on any atom is 0.144 e. The number of rotatable bonds is 1. The van der Waals surface area contributed by atoms with Gasteiger partial charge in [-0.05, 0) is 53.0 Å². The number of nitrogens with zero attached hydrogens (tertiary/aromatic N) is 4. The molecular formula is C16H13BrClFN4. The van der Waals surface area contributed by atoms with Gasteiger partial charge in [-0.1, -0.05) is 0 Å². The van der Waals surface area contributed by atoms with E-state index in [1.54, 1.807) is 18.6 Å². The van der Waals surface area contributed by atoms with Crippen molar-refractivity contribution >= 4 is 50.7 Å². The summed E-state index contributed by atoms with van der Waals surface area (Å²) in [5.41, 5.74) is 3.72. The zero-order valence-corrected chi connectivity index (χ0v) is 14.7. The summed E-state index contributed by atoms with van der Waals surface area (Å²) in [6.07, 6.45) is 4.10. The minimum atomic E-state index is -0.229. The first-order chi connectivity index (χ1) is 10.6. The molecule has 1 aliphatic rings. The Hall–Kier alpha value is -1.79. The zero-order chi connectivity index (χ0) is 15.3. The molecular weight excluding hydrogens is 383 g/mol. The van der Waals surface area contributed by atoms with E-state index in [2.05, 4.69) is 35.8 Å². The lowest BCUT2D eigenvalue weighted by Gasteiger charge is -2.20. The van der Waals surface area contributed by atoms with E-state index in [4.69, 9.17) is 0 Å². The molecule has 3 heterocycles. The Morgan fingerprint density at radius 2 is 2.00 bits per heavy atom. The molecule has 0 atom stereocenters. The van der Waals surface area contributed by atoms with Crippen molar-refractivity contribution < 1.29 is 4.39 Å². The molecule has 4 rings (SSSR count). The number of halogens is 3. The number of anilines is 2. The highest BCUT2D eigenvalue weighted by Gasteiger charge is 2.24. The van der Waals surface area contributed by atoms with Crippen LogP contribution in [-0.2, 0) is 6.42 Å². The largest absolute Gasteiger partial charge is 0.325 e. The molecule has 0 bridgehead atoms. The Bertz CT molecular complexity index is 903. The first kappa shape index (κ1) is 16.1. The Morgan fingerprint density at radius 3 is 2.83 bits per heavy atom. The van der Waals surface area contributed by atoms with E-state index in [0.29, 0.717) is 4.47 Å². The van der Waals surface area contributed by atoms with Crippen LogP contribution in [0.2, 0.25) is 0 Å². The maximum atomic E-state index is 13.7. The van der Waals surface area contributed by atoms with E-state index >= 15 is 0 Å². The van der Waals surface area contributed by atoms with Gasteiger partial charge in [0, 0.05) is 23.3 Å². The fourth-order valence-corrected chi connectivity index (χ4v) is 3.20. The number of fused-ring (bicyclic) bond motifs is 2. The topological polar surface area (TPSA) is 41.9 Å². The highest BCUT2D eigenvalue weighted by atomic mass is 79.9. The SMILES string of the molecule is Cc1cc2c(N3CCc4cc(F)c(Br)cc43)ncnc2cn1.Cl. The zero-order valence-electron chi connectivity index (χ0n) is 12.3. The molecule has 2 aromatic heterocycles. The average molecular weight is 396 g/mol. The summed E-state index contributed by atoms with van der Waals surface area (Å²) in [5.74, 6) is 0.612. The van der Waals surface area contributed by atoms with Crippen molar-refractivity contribution in [3.05, 3.63) is 52.3 Å². The minimum Gasteiger partial charge on any atom is -0.325 e. The Morgan fingerprint density at radius 1 is 1.17 bits per heavy atom. The van der Waals surface area contributed by atoms with Crippen LogP contribution >= 0.6 is 28.3 Å². The lowest BCUT2D eigenvalue weighted by atomic mass is 10.1. The highest BCUT2D eigenvalue weighted by Crippen LogP contribution is 2.38. The third kappa shape index (κ3) is 2.66. The molecule has 0 saturated carbocycles. The molecule has 118 valence electrons. The van der Waals surface area contributed by atoms with E-state index in [-0.39, 0.29) is 18.2 Å². The van der Waals surface area contributed by atoms with Gasteiger partial charge >= 0.3 is 0 Å². The number of hydrogen-bond acceptors (Lipinski definition) is 4. The molecule has 0 amide bonds. The molecule has 1 aromatic carbocycles. The molecule has 4 nitrogen and oxygen atoms in total. The second-order valence-electron chi connectivity index (χ2n) is 5.34. The molecule has 23 heavy (non-hydrogen) atoms. The third-order valence-corrected chi connectivity index (χ3v) is 4.52. The van der Waals surface area contributed by atoms with Gasteiger partial charge in [-0.25, -0.2) is 14.4 Å². The second-order valence-corrected chi connectivity index (χ2v) is 6.19. The lowest BCUT2D eigenvalue weighted by Crippen LogP contribution is -2.15. The van der Waals surface area contributed by atoms with Crippen LogP contribution in [-0.4, -0.2) is 21.5 Å². The number of hydrogen-bond donors (Lipinski definition) is 0. The Kier molecular flexibility index (Phi) is 4.21. The summed E-state index contributed by atoms with van der Waals surface area (Å²) >= 11 is 3.27. The molecule has 0 unspecified atom stereocenters. The smallest absolute Gasteiger partial charge is 0.144 e. The fraction of sp³-hybridized carbons (Fsp3) is 0.188. The summed E-state index contributed by atoms with van der Waals surface area (Å²) < 4.78 is 14.2. The molecule has 1 aliphatic heterocycles. The minimum absolute atomic E-state index is 0. The summed E-state index contributed by atoms with van der Waals surface area (Å²) in [6, 6.07) is 5.40. The number of aromatic nitrogens is 3. The molecule has 3 aromatic rings. The van der Waals surface area contributed by atoms with Crippen LogP contribution in [0.1, 0.15) is 11.3 Å².